The summed E-state index contributed by atoms with van der Waals surface area (Å²) < 4.78 is 13.4. The van der Waals surface area contributed by atoms with Crippen molar-refractivity contribution >= 4 is 0 Å². The zero-order valence-electron chi connectivity index (χ0n) is 8.48. The van der Waals surface area contributed by atoms with E-state index >= 15 is 0 Å². The Kier molecular flexibility index (Phi) is 2.44. The van der Waals surface area contributed by atoms with E-state index in [9.17, 15) is 9.50 Å². The van der Waals surface area contributed by atoms with Gasteiger partial charge in [0, 0.05) is 0 Å². The van der Waals surface area contributed by atoms with Crippen molar-refractivity contribution < 1.29 is 9.50 Å². The molecule has 0 aliphatic carbocycles. The largest absolute Gasteiger partial charge is 0.386 e. The molecule has 0 aliphatic rings. The van der Waals surface area contributed by atoms with Gasteiger partial charge in [0.1, 0.15) is 5.82 Å². The summed E-state index contributed by atoms with van der Waals surface area (Å²) in [6, 6.07) is 3.46. The van der Waals surface area contributed by atoms with Gasteiger partial charge in [0.15, 0.2) is 0 Å². The highest BCUT2D eigenvalue weighted by Crippen LogP contribution is 2.26. The molecule has 0 bridgehead atoms. The maximum Gasteiger partial charge on any atom is 0.129 e. The first-order valence-electron chi connectivity index (χ1n) is 4.32. The summed E-state index contributed by atoms with van der Waals surface area (Å²) in [5, 5.41) is 9.72. The average molecular weight is 182 g/mol. The lowest BCUT2D eigenvalue weighted by atomic mass is 9.92. The normalized spacial score (nSPS) is 11.8. The van der Waals surface area contributed by atoms with E-state index in [0.29, 0.717) is 16.7 Å². The number of aryl methyl sites for hydroxylation is 1. The predicted octanol–water partition coefficient (Wildman–Crippen LogP) is 2.67. The van der Waals surface area contributed by atoms with Gasteiger partial charge in [0.25, 0.3) is 0 Å². The van der Waals surface area contributed by atoms with Crippen LogP contribution in [0.5, 0.6) is 0 Å². The highest BCUT2D eigenvalue weighted by Gasteiger charge is 2.20. The summed E-state index contributed by atoms with van der Waals surface area (Å²) in [4.78, 5) is 0. The number of hydrogen-bond acceptors (Lipinski definition) is 1. The highest BCUT2D eigenvalue weighted by atomic mass is 19.1. The molecule has 1 rings (SSSR count). The SMILES string of the molecule is Cc1ccc(C(C)(C)O)c(C)c1F. The van der Waals surface area contributed by atoms with Crippen molar-refractivity contribution in [3.8, 4) is 0 Å². The van der Waals surface area contributed by atoms with Gasteiger partial charge in [-0.3, -0.25) is 0 Å². The van der Waals surface area contributed by atoms with Crippen LogP contribution in [0.3, 0.4) is 0 Å². The summed E-state index contributed by atoms with van der Waals surface area (Å²) >= 11 is 0. The summed E-state index contributed by atoms with van der Waals surface area (Å²) in [5.74, 6) is -0.223. The fraction of sp³-hybridized carbons (Fsp3) is 0.455. The number of aliphatic hydroxyl groups is 1. The van der Waals surface area contributed by atoms with Crippen molar-refractivity contribution in [1.82, 2.24) is 0 Å². The van der Waals surface area contributed by atoms with E-state index in [0.717, 1.165) is 0 Å². The zero-order chi connectivity index (χ0) is 10.2. The van der Waals surface area contributed by atoms with Crippen LogP contribution in [0.25, 0.3) is 0 Å². The summed E-state index contributed by atoms with van der Waals surface area (Å²) in [7, 11) is 0. The van der Waals surface area contributed by atoms with Gasteiger partial charge < -0.3 is 5.11 Å². The van der Waals surface area contributed by atoms with Crippen LogP contribution in [0, 0.1) is 19.7 Å². The van der Waals surface area contributed by atoms with Crippen LogP contribution < -0.4 is 0 Å². The van der Waals surface area contributed by atoms with Crippen LogP contribution in [0.4, 0.5) is 4.39 Å². The van der Waals surface area contributed by atoms with Gasteiger partial charge in [0.2, 0.25) is 0 Å². The molecule has 0 atom stereocenters. The Morgan fingerprint density at radius 2 is 1.77 bits per heavy atom. The smallest absolute Gasteiger partial charge is 0.129 e. The first-order valence-corrected chi connectivity index (χ1v) is 4.32. The van der Waals surface area contributed by atoms with Gasteiger partial charge in [-0.05, 0) is 44.4 Å². The Balaban J connectivity index is 3.35. The molecular formula is C11H15FO. The van der Waals surface area contributed by atoms with E-state index < -0.39 is 5.60 Å². The second-order valence-corrected chi connectivity index (χ2v) is 3.93. The van der Waals surface area contributed by atoms with Crippen molar-refractivity contribution in [1.29, 1.82) is 0 Å². The van der Waals surface area contributed by atoms with Crippen LogP contribution >= 0.6 is 0 Å². The fourth-order valence-electron chi connectivity index (χ4n) is 1.48. The molecule has 1 aromatic rings. The topological polar surface area (TPSA) is 20.2 Å². The molecule has 0 aliphatic heterocycles. The number of rotatable bonds is 1. The second kappa shape index (κ2) is 3.11. The minimum absolute atomic E-state index is 0.223. The molecule has 0 radical (unpaired) electrons. The van der Waals surface area contributed by atoms with Gasteiger partial charge in [-0.15, -0.1) is 0 Å². The van der Waals surface area contributed by atoms with Crippen LogP contribution in [0.1, 0.15) is 30.5 Å². The van der Waals surface area contributed by atoms with E-state index in [1.165, 1.54) is 0 Å². The molecule has 1 N–H and O–H groups in total. The molecule has 0 fully saturated rings. The first-order chi connectivity index (χ1) is 5.84. The lowest BCUT2D eigenvalue weighted by molar-refractivity contribution is 0.0775. The lowest BCUT2D eigenvalue weighted by Gasteiger charge is -2.21. The molecule has 0 heterocycles. The fourth-order valence-corrected chi connectivity index (χ4v) is 1.48. The Labute approximate surface area is 78.2 Å². The molecular weight excluding hydrogens is 167 g/mol. The Morgan fingerprint density at radius 1 is 1.23 bits per heavy atom. The third kappa shape index (κ3) is 1.89. The molecule has 0 amide bonds. The predicted molar refractivity (Wildman–Crippen MR) is 51.1 cm³/mol. The molecule has 72 valence electrons. The minimum atomic E-state index is -0.974. The van der Waals surface area contributed by atoms with Crippen LogP contribution in [0.2, 0.25) is 0 Å². The lowest BCUT2D eigenvalue weighted by Crippen LogP contribution is -2.18. The monoisotopic (exact) mass is 182 g/mol. The maximum atomic E-state index is 13.4. The van der Waals surface area contributed by atoms with Crippen molar-refractivity contribution in [3.63, 3.8) is 0 Å². The van der Waals surface area contributed by atoms with Gasteiger partial charge in [0.05, 0.1) is 5.60 Å². The van der Waals surface area contributed by atoms with E-state index in [1.54, 1.807) is 39.8 Å². The van der Waals surface area contributed by atoms with Gasteiger partial charge in [-0.1, -0.05) is 12.1 Å². The quantitative estimate of drug-likeness (QED) is 0.708. The standard InChI is InChI=1S/C11H15FO/c1-7-5-6-9(11(3,4)13)8(2)10(7)12/h5-6,13H,1-4H3. The third-order valence-corrected chi connectivity index (χ3v) is 2.24. The Morgan fingerprint density at radius 3 is 2.23 bits per heavy atom. The molecule has 2 heteroatoms. The molecule has 13 heavy (non-hydrogen) atoms. The van der Waals surface area contributed by atoms with E-state index in [2.05, 4.69) is 0 Å². The molecule has 0 saturated heterocycles. The zero-order valence-corrected chi connectivity index (χ0v) is 8.48. The molecule has 0 saturated carbocycles. The highest BCUT2D eigenvalue weighted by molar-refractivity contribution is 5.35. The Hall–Kier alpha value is -0.890. The summed E-state index contributed by atoms with van der Waals surface area (Å²) in [6.07, 6.45) is 0. The second-order valence-electron chi connectivity index (χ2n) is 3.93. The Bertz CT molecular complexity index is 324. The summed E-state index contributed by atoms with van der Waals surface area (Å²) in [5.41, 5.74) is 0.826. The van der Waals surface area contributed by atoms with Crippen LogP contribution in [-0.4, -0.2) is 5.11 Å². The molecule has 0 unspecified atom stereocenters. The van der Waals surface area contributed by atoms with Crippen molar-refractivity contribution in [2.45, 2.75) is 33.3 Å². The van der Waals surface area contributed by atoms with E-state index in [-0.39, 0.29) is 5.82 Å². The van der Waals surface area contributed by atoms with Crippen LogP contribution in [-0.2, 0) is 5.60 Å². The number of halogens is 1. The molecule has 1 nitrogen and oxygen atoms in total. The van der Waals surface area contributed by atoms with E-state index in [4.69, 9.17) is 0 Å². The maximum absolute atomic E-state index is 13.4. The van der Waals surface area contributed by atoms with Crippen molar-refractivity contribution in [2.24, 2.45) is 0 Å². The van der Waals surface area contributed by atoms with Gasteiger partial charge >= 0.3 is 0 Å². The average Bonchev–Trinajstić information content (AvgIpc) is 1.98. The molecule has 0 spiro atoms. The van der Waals surface area contributed by atoms with Gasteiger partial charge in [-0.25, -0.2) is 4.39 Å². The molecule has 0 aromatic heterocycles. The summed E-state index contributed by atoms with van der Waals surface area (Å²) in [6.45, 7) is 6.72. The van der Waals surface area contributed by atoms with Gasteiger partial charge in [-0.2, -0.15) is 0 Å². The first kappa shape index (κ1) is 10.2. The minimum Gasteiger partial charge on any atom is -0.386 e. The van der Waals surface area contributed by atoms with Crippen molar-refractivity contribution in [2.75, 3.05) is 0 Å². The van der Waals surface area contributed by atoms with Crippen LogP contribution in [0.15, 0.2) is 12.1 Å². The third-order valence-electron chi connectivity index (χ3n) is 2.24. The van der Waals surface area contributed by atoms with E-state index in [1.807, 2.05) is 0 Å². The van der Waals surface area contributed by atoms with Crippen molar-refractivity contribution in [3.05, 3.63) is 34.6 Å². The number of benzene rings is 1. The molecule has 1 aromatic carbocycles. The number of hydrogen-bond donors (Lipinski definition) is 1.